The molecule has 2 heterocycles. The highest BCUT2D eigenvalue weighted by atomic mass is 32.2. The molecule has 0 aliphatic heterocycles. The summed E-state index contributed by atoms with van der Waals surface area (Å²) in [5, 5.41) is 11.8. The minimum absolute atomic E-state index is 0.499. The molecule has 0 aliphatic carbocycles. The summed E-state index contributed by atoms with van der Waals surface area (Å²) in [6.07, 6.45) is 0. The second kappa shape index (κ2) is 7.63. The Morgan fingerprint density at radius 1 is 1.00 bits per heavy atom. The van der Waals surface area contributed by atoms with Crippen molar-refractivity contribution >= 4 is 11.8 Å². The van der Waals surface area contributed by atoms with Crippen molar-refractivity contribution in [1.82, 2.24) is 25.3 Å². The molecule has 136 valence electrons. The van der Waals surface area contributed by atoms with Crippen molar-refractivity contribution in [2.45, 2.75) is 17.8 Å². The number of hydrogen-bond acceptors (Lipinski definition) is 7. The molecule has 0 unspecified atom stereocenters. The third-order valence-corrected chi connectivity index (χ3v) is 4.76. The Bertz CT molecular complexity index is 1020. The topological polar surface area (TPSA) is 89.7 Å². The van der Waals surface area contributed by atoms with Crippen LogP contribution in [0.15, 0.2) is 58.2 Å². The van der Waals surface area contributed by atoms with Gasteiger partial charge in [0, 0.05) is 11.1 Å². The molecule has 1 N–H and O–H groups in total. The molecular formula is C19H17N5O2S. The molecule has 0 saturated carbocycles. The molecule has 0 radical (unpaired) electrons. The summed E-state index contributed by atoms with van der Waals surface area (Å²) in [5.74, 6) is 3.12. The van der Waals surface area contributed by atoms with Gasteiger partial charge in [-0.1, -0.05) is 46.7 Å². The van der Waals surface area contributed by atoms with Gasteiger partial charge in [0.15, 0.2) is 5.82 Å². The Labute approximate surface area is 160 Å². The van der Waals surface area contributed by atoms with Crippen molar-refractivity contribution in [3.63, 3.8) is 0 Å². The van der Waals surface area contributed by atoms with Gasteiger partial charge in [-0.2, -0.15) is 4.98 Å². The maximum atomic E-state index is 5.33. The van der Waals surface area contributed by atoms with Gasteiger partial charge in [-0.15, -0.1) is 5.10 Å². The van der Waals surface area contributed by atoms with Gasteiger partial charge in [0.05, 0.1) is 12.9 Å². The molecular weight excluding hydrogens is 362 g/mol. The highest BCUT2D eigenvalue weighted by Gasteiger charge is 2.11. The minimum Gasteiger partial charge on any atom is -0.497 e. The molecule has 0 fully saturated rings. The van der Waals surface area contributed by atoms with E-state index in [1.165, 1.54) is 17.3 Å². The Balaban J connectivity index is 1.40. The number of hydrogen-bond donors (Lipinski definition) is 1. The minimum atomic E-state index is 0.499. The van der Waals surface area contributed by atoms with Gasteiger partial charge in [0.25, 0.3) is 0 Å². The summed E-state index contributed by atoms with van der Waals surface area (Å²) in [7, 11) is 1.64. The molecule has 2 aromatic heterocycles. The van der Waals surface area contributed by atoms with Crippen LogP contribution in [0.4, 0.5) is 0 Å². The summed E-state index contributed by atoms with van der Waals surface area (Å²) in [6.45, 7) is 2.04. The fourth-order valence-electron chi connectivity index (χ4n) is 2.45. The van der Waals surface area contributed by atoms with E-state index in [1.54, 1.807) is 7.11 Å². The van der Waals surface area contributed by atoms with E-state index >= 15 is 0 Å². The highest BCUT2D eigenvalue weighted by molar-refractivity contribution is 7.98. The average Bonchev–Trinajstić information content (AvgIpc) is 3.37. The fraction of sp³-hybridized carbons (Fsp3) is 0.158. The smallest absolute Gasteiger partial charge is 0.237 e. The van der Waals surface area contributed by atoms with Crippen LogP contribution < -0.4 is 4.74 Å². The predicted molar refractivity (Wildman–Crippen MR) is 102 cm³/mol. The molecule has 4 rings (SSSR count). The van der Waals surface area contributed by atoms with Crippen LogP contribution in [0.2, 0.25) is 0 Å². The van der Waals surface area contributed by atoms with Crippen molar-refractivity contribution in [1.29, 1.82) is 0 Å². The van der Waals surface area contributed by atoms with Crippen LogP contribution >= 0.6 is 11.8 Å². The molecule has 0 atom stereocenters. The number of methoxy groups -OCH3 is 1. The first-order chi connectivity index (χ1) is 13.2. The van der Waals surface area contributed by atoms with Gasteiger partial charge in [0.2, 0.25) is 16.9 Å². The van der Waals surface area contributed by atoms with Crippen molar-refractivity contribution < 1.29 is 9.26 Å². The zero-order valence-corrected chi connectivity index (χ0v) is 15.7. The Hall–Kier alpha value is -3.13. The first kappa shape index (κ1) is 17.3. The standard InChI is InChI=1S/C19H17N5O2S/c1-12-3-5-14(6-4-12)18-20-16(26-24-18)11-27-19-21-17(22-23-19)13-7-9-15(25-2)10-8-13/h3-10H,11H2,1-2H3,(H,21,22,23). The first-order valence-electron chi connectivity index (χ1n) is 8.30. The number of benzene rings is 2. The Kier molecular flexibility index (Phi) is 4.88. The van der Waals surface area contributed by atoms with Crippen LogP contribution in [-0.4, -0.2) is 32.4 Å². The van der Waals surface area contributed by atoms with Crippen molar-refractivity contribution in [3.8, 4) is 28.5 Å². The molecule has 0 spiro atoms. The molecule has 7 nitrogen and oxygen atoms in total. The van der Waals surface area contributed by atoms with Crippen molar-refractivity contribution in [2.24, 2.45) is 0 Å². The van der Waals surface area contributed by atoms with Crippen molar-refractivity contribution in [2.75, 3.05) is 7.11 Å². The van der Waals surface area contributed by atoms with E-state index < -0.39 is 0 Å². The number of rotatable bonds is 6. The van der Waals surface area contributed by atoms with Gasteiger partial charge in [-0.05, 0) is 31.2 Å². The van der Waals surface area contributed by atoms with Crippen molar-refractivity contribution in [3.05, 3.63) is 60.0 Å². The SMILES string of the molecule is COc1ccc(-c2nc(SCc3nc(-c4ccc(C)cc4)no3)n[nH]2)cc1. The monoisotopic (exact) mass is 379 g/mol. The summed E-state index contributed by atoms with van der Waals surface area (Å²) in [5.41, 5.74) is 3.06. The van der Waals surface area contributed by atoms with Gasteiger partial charge in [-0.3, -0.25) is 5.10 Å². The summed E-state index contributed by atoms with van der Waals surface area (Å²) in [6, 6.07) is 15.6. The largest absolute Gasteiger partial charge is 0.497 e. The van der Waals surface area contributed by atoms with Crippen LogP contribution in [0.25, 0.3) is 22.8 Å². The number of H-pyrrole nitrogens is 1. The summed E-state index contributed by atoms with van der Waals surface area (Å²) >= 11 is 1.43. The van der Waals surface area contributed by atoms with E-state index in [-0.39, 0.29) is 0 Å². The van der Waals surface area contributed by atoms with Gasteiger partial charge in [0.1, 0.15) is 5.75 Å². The number of nitrogens with zero attached hydrogens (tertiary/aromatic N) is 4. The van der Waals surface area contributed by atoms with Gasteiger partial charge >= 0.3 is 0 Å². The lowest BCUT2D eigenvalue weighted by Gasteiger charge is -1.99. The molecule has 4 aromatic rings. The van der Waals surface area contributed by atoms with Crippen LogP contribution in [0.5, 0.6) is 5.75 Å². The molecule has 0 bridgehead atoms. The van der Waals surface area contributed by atoms with E-state index in [1.807, 2.05) is 55.5 Å². The van der Waals surface area contributed by atoms with Crippen LogP contribution in [-0.2, 0) is 5.75 Å². The first-order valence-corrected chi connectivity index (χ1v) is 9.29. The zero-order chi connectivity index (χ0) is 18.6. The van der Waals surface area contributed by atoms with Gasteiger partial charge in [-0.25, -0.2) is 4.98 Å². The molecule has 0 aliphatic rings. The third-order valence-electron chi connectivity index (χ3n) is 3.93. The van der Waals surface area contributed by atoms with E-state index in [2.05, 4.69) is 25.3 Å². The van der Waals surface area contributed by atoms with E-state index in [9.17, 15) is 0 Å². The zero-order valence-electron chi connectivity index (χ0n) is 14.8. The lowest BCUT2D eigenvalue weighted by Crippen LogP contribution is -1.85. The molecule has 2 aromatic carbocycles. The quantitative estimate of drug-likeness (QED) is 0.504. The summed E-state index contributed by atoms with van der Waals surface area (Å²) in [4.78, 5) is 8.92. The second-order valence-corrected chi connectivity index (χ2v) is 6.80. The molecule has 0 amide bonds. The lowest BCUT2D eigenvalue weighted by atomic mass is 10.1. The normalized spacial score (nSPS) is 10.9. The van der Waals surface area contributed by atoms with Crippen LogP contribution in [0.3, 0.4) is 0 Å². The molecule has 27 heavy (non-hydrogen) atoms. The lowest BCUT2D eigenvalue weighted by molar-refractivity contribution is 0.391. The number of nitrogens with one attached hydrogen (secondary N) is 1. The summed E-state index contributed by atoms with van der Waals surface area (Å²) < 4.78 is 10.5. The number of aromatic nitrogens is 5. The highest BCUT2D eigenvalue weighted by Crippen LogP contribution is 2.24. The molecule has 0 saturated heterocycles. The third kappa shape index (κ3) is 4.01. The Morgan fingerprint density at radius 3 is 2.48 bits per heavy atom. The van der Waals surface area contributed by atoms with Crippen LogP contribution in [0, 0.1) is 6.92 Å². The maximum absolute atomic E-state index is 5.33. The fourth-order valence-corrected chi connectivity index (χ4v) is 3.08. The number of ether oxygens (including phenoxy) is 1. The van der Waals surface area contributed by atoms with E-state index in [0.29, 0.717) is 28.4 Å². The van der Waals surface area contributed by atoms with E-state index in [0.717, 1.165) is 16.9 Å². The average molecular weight is 379 g/mol. The molecule has 8 heteroatoms. The van der Waals surface area contributed by atoms with Crippen LogP contribution in [0.1, 0.15) is 11.5 Å². The number of thioether (sulfide) groups is 1. The van der Waals surface area contributed by atoms with Gasteiger partial charge < -0.3 is 9.26 Å². The second-order valence-electron chi connectivity index (χ2n) is 5.86. The number of aryl methyl sites for hydroxylation is 1. The number of aromatic amines is 1. The predicted octanol–water partition coefficient (Wildman–Crippen LogP) is 4.13. The maximum Gasteiger partial charge on any atom is 0.237 e. The Morgan fingerprint density at radius 2 is 1.74 bits per heavy atom. The van der Waals surface area contributed by atoms with E-state index in [4.69, 9.17) is 9.26 Å².